The highest BCUT2D eigenvalue weighted by atomic mass is 16.4. The van der Waals surface area contributed by atoms with Gasteiger partial charge in [-0.25, -0.2) is 9.48 Å². The molecule has 0 unspecified atom stereocenters. The molecular formula is C24H18N2O2. The summed E-state index contributed by atoms with van der Waals surface area (Å²) in [6.07, 6.45) is 1.76. The lowest BCUT2D eigenvalue weighted by Gasteiger charge is -2.16. The molecule has 0 saturated heterocycles. The summed E-state index contributed by atoms with van der Waals surface area (Å²) >= 11 is 0. The molecule has 0 aliphatic heterocycles. The molecule has 1 aliphatic rings. The first-order chi connectivity index (χ1) is 13.7. The van der Waals surface area contributed by atoms with Gasteiger partial charge in [-0.3, -0.25) is 0 Å². The minimum absolute atomic E-state index is 0.293. The Morgan fingerprint density at radius 3 is 2.29 bits per heavy atom. The maximum absolute atomic E-state index is 11.9. The number of aromatic carboxylic acids is 1. The Labute approximate surface area is 162 Å². The molecule has 1 aromatic heterocycles. The number of para-hydroxylation sites is 1. The van der Waals surface area contributed by atoms with Crippen molar-refractivity contribution in [3.05, 3.63) is 95.6 Å². The zero-order valence-corrected chi connectivity index (χ0v) is 15.2. The molecule has 0 amide bonds. The number of hydrogen-bond acceptors (Lipinski definition) is 2. The van der Waals surface area contributed by atoms with E-state index in [1.165, 1.54) is 5.56 Å². The van der Waals surface area contributed by atoms with Gasteiger partial charge in [-0.05, 0) is 36.6 Å². The predicted octanol–water partition coefficient (Wildman–Crippen LogP) is 5.00. The van der Waals surface area contributed by atoms with Gasteiger partial charge in [-0.15, -0.1) is 0 Å². The fraction of sp³-hybridized carbons (Fsp3) is 0.0833. The van der Waals surface area contributed by atoms with Gasteiger partial charge in [0.1, 0.15) is 0 Å². The van der Waals surface area contributed by atoms with Crippen molar-refractivity contribution in [2.24, 2.45) is 0 Å². The smallest absolute Gasteiger partial charge is 0.336 e. The van der Waals surface area contributed by atoms with Gasteiger partial charge in [0.25, 0.3) is 0 Å². The van der Waals surface area contributed by atoms with Gasteiger partial charge in [-0.1, -0.05) is 60.7 Å². The number of aryl methyl sites for hydroxylation is 1. The van der Waals surface area contributed by atoms with Gasteiger partial charge >= 0.3 is 5.97 Å². The second-order valence-corrected chi connectivity index (χ2v) is 6.93. The molecule has 136 valence electrons. The van der Waals surface area contributed by atoms with Crippen molar-refractivity contribution < 1.29 is 9.90 Å². The maximum atomic E-state index is 11.9. The molecule has 1 heterocycles. The summed E-state index contributed by atoms with van der Waals surface area (Å²) in [5.74, 6) is -0.929. The fourth-order valence-electron chi connectivity index (χ4n) is 4.04. The molecule has 0 atom stereocenters. The van der Waals surface area contributed by atoms with Crippen LogP contribution in [-0.4, -0.2) is 20.9 Å². The van der Waals surface area contributed by atoms with Crippen LogP contribution in [-0.2, 0) is 12.8 Å². The molecular weight excluding hydrogens is 348 g/mol. The SMILES string of the molecule is O=C(O)c1ccccc1-c1c2c(nn1-c1ccccc1)-c1ccccc1CC2. The fourth-order valence-corrected chi connectivity index (χ4v) is 4.04. The Hall–Kier alpha value is -3.66. The van der Waals surface area contributed by atoms with Gasteiger partial charge in [0.15, 0.2) is 0 Å². The molecule has 0 radical (unpaired) electrons. The lowest BCUT2D eigenvalue weighted by atomic mass is 9.87. The molecule has 0 spiro atoms. The summed E-state index contributed by atoms with van der Waals surface area (Å²) in [5.41, 5.74) is 7.25. The molecule has 3 aromatic carbocycles. The van der Waals surface area contributed by atoms with Crippen LogP contribution >= 0.6 is 0 Å². The van der Waals surface area contributed by atoms with Crippen LogP contribution in [0.25, 0.3) is 28.2 Å². The van der Waals surface area contributed by atoms with Crippen LogP contribution in [0, 0.1) is 0 Å². The second-order valence-electron chi connectivity index (χ2n) is 6.93. The van der Waals surface area contributed by atoms with Crippen LogP contribution in [0.15, 0.2) is 78.9 Å². The lowest BCUT2D eigenvalue weighted by Crippen LogP contribution is -2.06. The Balaban J connectivity index is 1.85. The van der Waals surface area contributed by atoms with Crippen LogP contribution in [0.5, 0.6) is 0 Å². The Kier molecular flexibility index (Phi) is 3.83. The van der Waals surface area contributed by atoms with Crippen molar-refractivity contribution in [1.29, 1.82) is 0 Å². The number of fused-ring (bicyclic) bond motifs is 3. The van der Waals surface area contributed by atoms with E-state index in [1.54, 1.807) is 12.1 Å². The third-order valence-electron chi connectivity index (χ3n) is 5.31. The van der Waals surface area contributed by atoms with E-state index in [9.17, 15) is 9.90 Å². The van der Waals surface area contributed by atoms with Crippen molar-refractivity contribution in [2.75, 3.05) is 0 Å². The van der Waals surface area contributed by atoms with Crippen molar-refractivity contribution in [2.45, 2.75) is 12.8 Å². The van der Waals surface area contributed by atoms with E-state index < -0.39 is 5.97 Å². The van der Waals surface area contributed by atoms with Crippen molar-refractivity contribution in [1.82, 2.24) is 9.78 Å². The average molecular weight is 366 g/mol. The number of carboxylic acids is 1. The number of hydrogen-bond donors (Lipinski definition) is 1. The zero-order chi connectivity index (χ0) is 19.1. The summed E-state index contributed by atoms with van der Waals surface area (Å²) in [7, 11) is 0. The van der Waals surface area contributed by atoms with Gasteiger partial charge < -0.3 is 5.11 Å². The predicted molar refractivity (Wildman–Crippen MR) is 109 cm³/mol. The molecule has 0 fully saturated rings. The highest BCUT2D eigenvalue weighted by Gasteiger charge is 2.27. The maximum Gasteiger partial charge on any atom is 0.336 e. The summed E-state index contributed by atoms with van der Waals surface area (Å²) in [5, 5.41) is 14.7. The van der Waals surface area contributed by atoms with E-state index in [4.69, 9.17) is 5.10 Å². The largest absolute Gasteiger partial charge is 0.478 e. The van der Waals surface area contributed by atoms with Gasteiger partial charge in [0.05, 0.1) is 22.6 Å². The minimum atomic E-state index is -0.929. The van der Waals surface area contributed by atoms with Crippen molar-refractivity contribution >= 4 is 5.97 Å². The molecule has 1 aliphatic carbocycles. The van der Waals surface area contributed by atoms with E-state index >= 15 is 0 Å². The van der Waals surface area contributed by atoms with Crippen molar-refractivity contribution in [3.8, 4) is 28.2 Å². The number of rotatable bonds is 3. The highest BCUT2D eigenvalue weighted by Crippen LogP contribution is 2.40. The van der Waals surface area contributed by atoms with Gasteiger partial charge in [0, 0.05) is 16.7 Å². The zero-order valence-electron chi connectivity index (χ0n) is 15.2. The van der Waals surface area contributed by atoms with Gasteiger partial charge in [-0.2, -0.15) is 5.10 Å². The summed E-state index contributed by atoms with van der Waals surface area (Å²) in [6, 6.07) is 25.4. The topological polar surface area (TPSA) is 55.1 Å². The molecule has 4 aromatic rings. The van der Waals surface area contributed by atoms with Crippen LogP contribution < -0.4 is 0 Å². The van der Waals surface area contributed by atoms with Crippen LogP contribution in [0.3, 0.4) is 0 Å². The van der Waals surface area contributed by atoms with E-state index in [1.807, 2.05) is 53.2 Å². The second kappa shape index (κ2) is 6.50. The van der Waals surface area contributed by atoms with E-state index in [-0.39, 0.29) is 0 Å². The standard InChI is InChI=1S/C24H18N2O2/c27-24(28)20-13-7-6-12-19(20)23-21-15-14-16-8-4-5-11-18(16)22(21)25-26(23)17-9-2-1-3-10-17/h1-13H,14-15H2,(H,27,28). The molecule has 5 rings (SSSR count). The van der Waals surface area contributed by atoms with Gasteiger partial charge in [0.2, 0.25) is 0 Å². The Morgan fingerprint density at radius 1 is 0.821 bits per heavy atom. The lowest BCUT2D eigenvalue weighted by molar-refractivity contribution is 0.0697. The first kappa shape index (κ1) is 16.5. The number of aromatic nitrogens is 2. The normalized spacial score (nSPS) is 12.3. The van der Waals surface area contributed by atoms with E-state index in [0.717, 1.165) is 41.0 Å². The molecule has 4 heteroatoms. The monoisotopic (exact) mass is 366 g/mol. The molecule has 1 N–H and O–H groups in total. The van der Waals surface area contributed by atoms with E-state index in [2.05, 4.69) is 18.2 Å². The number of carboxylic acid groups (broad SMARTS) is 1. The highest BCUT2D eigenvalue weighted by molar-refractivity contribution is 5.97. The Morgan fingerprint density at radius 2 is 1.50 bits per heavy atom. The molecule has 0 saturated carbocycles. The number of carbonyl (C=O) groups is 1. The van der Waals surface area contributed by atoms with Crippen molar-refractivity contribution in [3.63, 3.8) is 0 Å². The summed E-state index contributed by atoms with van der Waals surface area (Å²) in [6.45, 7) is 0. The summed E-state index contributed by atoms with van der Waals surface area (Å²) < 4.78 is 1.90. The molecule has 0 bridgehead atoms. The minimum Gasteiger partial charge on any atom is -0.478 e. The summed E-state index contributed by atoms with van der Waals surface area (Å²) in [4.78, 5) is 11.9. The number of nitrogens with zero attached hydrogens (tertiary/aromatic N) is 2. The first-order valence-electron chi connectivity index (χ1n) is 9.32. The third kappa shape index (κ3) is 2.54. The van der Waals surface area contributed by atoms with Crippen LogP contribution in [0.1, 0.15) is 21.5 Å². The quantitative estimate of drug-likeness (QED) is 0.555. The Bertz CT molecular complexity index is 1190. The first-order valence-corrected chi connectivity index (χ1v) is 9.32. The number of benzene rings is 3. The molecule has 28 heavy (non-hydrogen) atoms. The van der Waals surface area contributed by atoms with Crippen LogP contribution in [0.2, 0.25) is 0 Å². The average Bonchev–Trinajstić information content (AvgIpc) is 3.14. The van der Waals surface area contributed by atoms with E-state index in [0.29, 0.717) is 11.1 Å². The molecule has 4 nitrogen and oxygen atoms in total. The van der Waals surface area contributed by atoms with Crippen LogP contribution in [0.4, 0.5) is 0 Å². The third-order valence-corrected chi connectivity index (χ3v) is 5.31.